The van der Waals surface area contributed by atoms with E-state index in [2.05, 4.69) is 6.92 Å². The summed E-state index contributed by atoms with van der Waals surface area (Å²) < 4.78 is 34.8. The van der Waals surface area contributed by atoms with E-state index in [0.29, 0.717) is 12.2 Å². The molecule has 6 heteroatoms. The molecule has 0 spiro atoms. The summed E-state index contributed by atoms with van der Waals surface area (Å²) in [6.45, 7) is 7.96. The zero-order chi connectivity index (χ0) is 15.8. The molecule has 1 fully saturated rings. The van der Waals surface area contributed by atoms with Crippen LogP contribution in [0.2, 0.25) is 0 Å². The van der Waals surface area contributed by atoms with Crippen LogP contribution in [0.1, 0.15) is 36.5 Å². The zero-order valence-corrected chi connectivity index (χ0v) is 14.3. The first-order chi connectivity index (χ1) is 9.70. The Hall–Kier alpha value is -0.780. The zero-order valence-electron chi connectivity index (χ0n) is 12.8. The van der Waals surface area contributed by atoms with Gasteiger partial charge in [0.2, 0.25) is 0 Å². The highest BCUT2D eigenvalue weighted by Crippen LogP contribution is 2.33. The minimum Gasteiger partial charge on any atom is -0.490 e. The number of aryl methyl sites for hydroxylation is 1. The summed E-state index contributed by atoms with van der Waals surface area (Å²) in [6, 6.07) is 1.57. The Labute approximate surface area is 130 Å². The normalized spacial score (nSPS) is 22.5. The van der Waals surface area contributed by atoms with E-state index in [1.54, 1.807) is 13.0 Å². The molecule has 1 aromatic carbocycles. The molecular formula is C15H21ClO4S. The Kier molecular flexibility index (Phi) is 4.85. The van der Waals surface area contributed by atoms with E-state index in [0.717, 1.165) is 29.7 Å². The molecule has 0 aliphatic carbocycles. The standard InChI is InChI=1S/C15H21ClO4S/c1-9-7-14(21(16,17)18)11(3)12(4)15(9)19-8-13-6-5-10(2)20-13/h7,10,13H,5-6,8H2,1-4H3. The molecular weight excluding hydrogens is 312 g/mol. The van der Waals surface area contributed by atoms with Crippen LogP contribution in [-0.4, -0.2) is 27.2 Å². The van der Waals surface area contributed by atoms with Crippen molar-refractivity contribution in [2.75, 3.05) is 6.61 Å². The van der Waals surface area contributed by atoms with Crippen molar-refractivity contribution in [3.8, 4) is 5.75 Å². The predicted molar refractivity (Wildman–Crippen MR) is 82.8 cm³/mol. The summed E-state index contributed by atoms with van der Waals surface area (Å²) in [5.74, 6) is 0.722. The second-order valence-corrected chi connectivity index (χ2v) is 8.20. The maximum absolute atomic E-state index is 11.6. The van der Waals surface area contributed by atoms with Gasteiger partial charge in [0, 0.05) is 10.7 Å². The second-order valence-electron chi connectivity index (χ2n) is 5.67. The summed E-state index contributed by atoms with van der Waals surface area (Å²) >= 11 is 0. The SMILES string of the molecule is Cc1cc(S(=O)(=O)Cl)c(C)c(C)c1OCC1CCC(C)O1. The van der Waals surface area contributed by atoms with E-state index in [1.165, 1.54) is 0 Å². The Balaban J connectivity index is 2.23. The topological polar surface area (TPSA) is 52.6 Å². The molecule has 2 rings (SSSR count). The molecule has 0 aromatic heterocycles. The molecule has 118 valence electrons. The van der Waals surface area contributed by atoms with Gasteiger partial charge in [0.25, 0.3) is 9.05 Å². The maximum Gasteiger partial charge on any atom is 0.261 e. The highest BCUT2D eigenvalue weighted by Gasteiger charge is 2.24. The number of hydrogen-bond donors (Lipinski definition) is 0. The van der Waals surface area contributed by atoms with Gasteiger partial charge in [0.15, 0.2) is 0 Å². The van der Waals surface area contributed by atoms with Crippen molar-refractivity contribution in [2.24, 2.45) is 0 Å². The lowest BCUT2D eigenvalue weighted by molar-refractivity contribution is 0.0261. The van der Waals surface area contributed by atoms with Gasteiger partial charge in [-0.2, -0.15) is 0 Å². The van der Waals surface area contributed by atoms with Gasteiger partial charge in [-0.25, -0.2) is 8.42 Å². The summed E-state index contributed by atoms with van der Waals surface area (Å²) in [7, 11) is 1.73. The van der Waals surface area contributed by atoms with Crippen molar-refractivity contribution < 1.29 is 17.9 Å². The number of rotatable bonds is 4. The monoisotopic (exact) mass is 332 g/mol. The third-order valence-electron chi connectivity index (χ3n) is 3.97. The van der Waals surface area contributed by atoms with Crippen LogP contribution < -0.4 is 4.74 Å². The van der Waals surface area contributed by atoms with Crippen LogP contribution in [-0.2, 0) is 13.8 Å². The van der Waals surface area contributed by atoms with E-state index in [1.807, 2.05) is 13.8 Å². The lowest BCUT2D eigenvalue weighted by atomic mass is 10.1. The van der Waals surface area contributed by atoms with Gasteiger partial charge in [-0.1, -0.05) is 0 Å². The van der Waals surface area contributed by atoms with Gasteiger partial charge < -0.3 is 9.47 Å². The summed E-state index contributed by atoms with van der Waals surface area (Å²) in [6.07, 6.45) is 2.43. The minimum atomic E-state index is -3.74. The Morgan fingerprint density at radius 2 is 1.95 bits per heavy atom. The maximum atomic E-state index is 11.6. The Bertz CT molecular complexity index is 640. The fourth-order valence-electron chi connectivity index (χ4n) is 2.68. The first kappa shape index (κ1) is 16.6. The Morgan fingerprint density at radius 3 is 2.48 bits per heavy atom. The van der Waals surface area contributed by atoms with E-state index < -0.39 is 9.05 Å². The van der Waals surface area contributed by atoms with E-state index in [9.17, 15) is 8.42 Å². The lowest BCUT2D eigenvalue weighted by Crippen LogP contribution is -2.19. The molecule has 0 radical (unpaired) electrons. The van der Waals surface area contributed by atoms with E-state index >= 15 is 0 Å². The quantitative estimate of drug-likeness (QED) is 0.792. The van der Waals surface area contributed by atoms with Crippen LogP contribution in [0.25, 0.3) is 0 Å². The van der Waals surface area contributed by atoms with Crippen molar-refractivity contribution in [3.05, 3.63) is 22.8 Å². The molecule has 1 aliphatic rings. The molecule has 2 unspecified atom stereocenters. The third kappa shape index (κ3) is 3.71. The van der Waals surface area contributed by atoms with Gasteiger partial charge in [-0.05, 0) is 63.3 Å². The molecule has 0 saturated carbocycles. The van der Waals surface area contributed by atoms with Gasteiger partial charge in [0.1, 0.15) is 12.4 Å². The molecule has 0 amide bonds. The van der Waals surface area contributed by atoms with Gasteiger partial charge in [-0.3, -0.25) is 0 Å². The highest BCUT2D eigenvalue weighted by atomic mass is 35.7. The van der Waals surface area contributed by atoms with E-state index in [-0.39, 0.29) is 17.1 Å². The molecule has 21 heavy (non-hydrogen) atoms. The summed E-state index contributed by atoms with van der Waals surface area (Å²) in [5.41, 5.74) is 2.20. The minimum absolute atomic E-state index is 0.107. The number of ether oxygens (including phenoxy) is 2. The van der Waals surface area contributed by atoms with Crippen LogP contribution in [0, 0.1) is 20.8 Å². The molecule has 2 atom stereocenters. The highest BCUT2D eigenvalue weighted by molar-refractivity contribution is 8.13. The fourth-order valence-corrected chi connectivity index (χ4v) is 4.00. The lowest BCUT2D eigenvalue weighted by Gasteiger charge is -2.18. The van der Waals surface area contributed by atoms with Gasteiger partial charge in [-0.15, -0.1) is 0 Å². The predicted octanol–water partition coefficient (Wildman–Crippen LogP) is 3.49. The van der Waals surface area contributed by atoms with Crippen molar-refractivity contribution in [1.29, 1.82) is 0 Å². The van der Waals surface area contributed by atoms with E-state index in [4.69, 9.17) is 20.2 Å². The van der Waals surface area contributed by atoms with Crippen LogP contribution in [0.15, 0.2) is 11.0 Å². The molecule has 0 bridgehead atoms. The molecule has 1 aromatic rings. The molecule has 0 N–H and O–H groups in total. The van der Waals surface area contributed by atoms with Crippen molar-refractivity contribution in [1.82, 2.24) is 0 Å². The van der Waals surface area contributed by atoms with Crippen molar-refractivity contribution in [3.63, 3.8) is 0 Å². The average molecular weight is 333 g/mol. The average Bonchev–Trinajstić information content (AvgIpc) is 2.78. The largest absolute Gasteiger partial charge is 0.490 e. The van der Waals surface area contributed by atoms with Crippen LogP contribution in [0.4, 0.5) is 0 Å². The second kappa shape index (κ2) is 6.15. The molecule has 1 aliphatic heterocycles. The Morgan fingerprint density at radius 1 is 1.29 bits per heavy atom. The van der Waals surface area contributed by atoms with Crippen LogP contribution >= 0.6 is 10.7 Å². The smallest absolute Gasteiger partial charge is 0.261 e. The summed E-state index contributed by atoms with van der Waals surface area (Å²) in [5, 5.41) is 0. The first-order valence-electron chi connectivity index (χ1n) is 7.04. The fraction of sp³-hybridized carbons (Fsp3) is 0.600. The van der Waals surface area contributed by atoms with Gasteiger partial charge >= 0.3 is 0 Å². The molecule has 1 heterocycles. The number of halogens is 1. The molecule has 4 nitrogen and oxygen atoms in total. The summed E-state index contributed by atoms with van der Waals surface area (Å²) in [4.78, 5) is 0.150. The van der Waals surface area contributed by atoms with Crippen LogP contribution in [0.3, 0.4) is 0 Å². The molecule has 1 saturated heterocycles. The van der Waals surface area contributed by atoms with Crippen molar-refractivity contribution >= 4 is 19.7 Å². The third-order valence-corrected chi connectivity index (χ3v) is 5.42. The number of benzene rings is 1. The van der Waals surface area contributed by atoms with Gasteiger partial charge in [0.05, 0.1) is 17.1 Å². The van der Waals surface area contributed by atoms with Crippen LogP contribution in [0.5, 0.6) is 5.75 Å². The van der Waals surface area contributed by atoms with Crippen molar-refractivity contribution in [2.45, 2.75) is 57.6 Å². The first-order valence-corrected chi connectivity index (χ1v) is 9.34. The number of hydrogen-bond acceptors (Lipinski definition) is 4.